The second kappa shape index (κ2) is 5.48. The fraction of sp³-hybridized carbons (Fsp3) is 0.500. The van der Waals surface area contributed by atoms with Gasteiger partial charge in [-0.1, -0.05) is 0 Å². The average molecular weight is 289 g/mol. The highest BCUT2D eigenvalue weighted by Crippen LogP contribution is 2.37. The molecule has 1 aliphatic heterocycles. The van der Waals surface area contributed by atoms with E-state index in [-0.39, 0.29) is 17.5 Å². The number of aryl methyl sites for hydroxylation is 1. The van der Waals surface area contributed by atoms with Crippen molar-refractivity contribution in [1.82, 2.24) is 4.90 Å². The maximum absolute atomic E-state index is 12.7. The highest BCUT2D eigenvalue weighted by Gasteiger charge is 2.39. The lowest BCUT2D eigenvalue weighted by molar-refractivity contribution is -0.00834. The first-order valence-electron chi connectivity index (χ1n) is 7.30. The van der Waals surface area contributed by atoms with E-state index in [0.717, 1.165) is 18.4 Å². The number of ether oxygens (including phenoxy) is 1. The molecule has 1 atom stereocenters. The molecule has 0 aromatic heterocycles. The van der Waals surface area contributed by atoms with E-state index in [9.17, 15) is 9.59 Å². The first-order valence-corrected chi connectivity index (χ1v) is 7.30. The molecule has 3 rings (SSSR count). The van der Waals surface area contributed by atoms with E-state index in [0.29, 0.717) is 31.2 Å². The molecule has 1 N–H and O–H groups in total. The number of carboxylic acid groups (broad SMARTS) is 1. The van der Waals surface area contributed by atoms with Gasteiger partial charge in [0.25, 0.3) is 5.91 Å². The summed E-state index contributed by atoms with van der Waals surface area (Å²) in [6.45, 7) is 3.53. The summed E-state index contributed by atoms with van der Waals surface area (Å²) < 4.78 is 5.50. The van der Waals surface area contributed by atoms with Gasteiger partial charge in [-0.15, -0.1) is 0 Å². The summed E-state index contributed by atoms with van der Waals surface area (Å²) in [7, 11) is 0. The van der Waals surface area contributed by atoms with Crippen molar-refractivity contribution in [2.24, 2.45) is 5.92 Å². The van der Waals surface area contributed by atoms with Gasteiger partial charge in [-0.3, -0.25) is 4.79 Å². The molecule has 21 heavy (non-hydrogen) atoms. The van der Waals surface area contributed by atoms with Crippen LogP contribution in [0.2, 0.25) is 0 Å². The lowest BCUT2D eigenvalue weighted by Crippen LogP contribution is -2.49. The molecule has 1 aromatic carbocycles. The fourth-order valence-corrected chi connectivity index (χ4v) is 2.94. The number of benzene rings is 1. The molecule has 5 nitrogen and oxygen atoms in total. The first kappa shape index (κ1) is 14.1. The van der Waals surface area contributed by atoms with E-state index < -0.39 is 5.97 Å². The maximum atomic E-state index is 12.7. The number of carbonyl (C=O) groups is 2. The van der Waals surface area contributed by atoms with E-state index in [2.05, 4.69) is 0 Å². The normalized spacial score (nSPS) is 22.1. The number of rotatable bonds is 3. The van der Waals surface area contributed by atoms with Crippen molar-refractivity contribution >= 4 is 11.9 Å². The van der Waals surface area contributed by atoms with E-state index >= 15 is 0 Å². The summed E-state index contributed by atoms with van der Waals surface area (Å²) in [6.07, 6.45) is 2.29. The number of hydrogen-bond acceptors (Lipinski definition) is 3. The van der Waals surface area contributed by atoms with Crippen molar-refractivity contribution in [3.63, 3.8) is 0 Å². The highest BCUT2D eigenvalue weighted by molar-refractivity contribution is 5.98. The molecule has 1 heterocycles. The standard InChI is InChI=1S/C16H19NO4/c1-10-6-12(8-13(7-10)16(19)20)15(18)17-4-5-21-9-14(17)11-2-3-11/h6-8,11,14H,2-5,9H2,1H3,(H,19,20). The van der Waals surface area contributed by atoms with Crippen LogP contribution in [0.1, 0.15) is 39.1 Å². The van der Waals surface area contributed by atoms with E-state index in [1.807, 2.05) is 4.90 Å². The van der Waals surface area contributed by atoms with Crippen molar-refractivity contribution < 1.29 is 19.4 Å². The number of carbonyl (C=O) groups excluding carboxylic acids is 1. The van der Waals surface area contributed by atoms with Gasteiger partial charge in [0, 0.05) is 12.1 Å². The Balaban J connectivity index is 1.88. The fourth-order valence-electron chi connectivity index (χ4n) is 2.94. The second-order valence-electron chi connectivity index (χ2n) is 5.87. The Kier molecular flexibility index (Phi) is 3.68. The minimum Gasteiger partial charge on any atom is -0.478 e. The Morgan fingerprint density at radius 3 is 2.62 bits per heavy atom. The predicted octanol–water partition coefficient (Wildman–Crippen LogP) is 1.94. The molecular formula is C16H19NO4. The second-order valence-corrected chi connectivity index (χ2v) is 5.87. The average Bonchev–Trinajstić information content (AvgIpc) is 3.30. The number of nitrogens with zero attached hydrogens (tertiary/aromatic N) is 1. The van der Waals surface area contributed by atoms with Gasteiger partial charge < -0.3 is 14.7 Å². The van der Waals surface area contributed by atoms with Crippen LogP contribution >= 0.6 is 0 Å². The van der Waals surface area contributed by atoms with Gasteiger partial charge in [0.1, 0.15) is 0 Å². The van der Waals surface area contributed by atoms with E-state index in [4.69, 9.17) is 9.84 Å². The first-order chi connectivity index (χ1) is 10.1. The SMILES string of the molecule is Cc1cc(C(=O)O)cc(C(=O)N2CCOCC2C2CC2)c1. The largest absolute Gasteiger partial charge is 0.478 e. The number of hydrogen-bond donors (Lipinski definition) is 1. The minimum absolute atomic E-state index is 0.0820. The smallest absolute Gasteiger partial charge is 0.335 e. The van der Waals surface area contributed by atoms with Crippen LogP contribution in [0.5, 0.6) is 0 Å². The van der Waals surface area contributed by atoms with Crippen LogP contribution in [0.3, 0.4) is 0 Å². The van der Waals surface area contributed by atoms with Gasteiger partial charge in [0.05, 0.1) is 24.8 Å². The Bertz CT molecular complexity index is 580. The van der Waals surface area contributed by atoms with Crippen LogP contribution in [0.25, 0.3) is 0 Å². The molecule has 0 spiro atoms. The Hall–Kier alpha value is -1.88. The van der Waals surface area contributed by atoms with Crippen molar-refractivity contribution in [2.75, 3.05) is 19.8 Å². The van der Waals surface area contributed by atoms with E-state index in [1.54, 1.807) is 19.1 Å². The van der Waals surface area contributed by atoms with E-state index in [1.165, 1.54) is 6.07 Å². The third-order valence-corrected chi connectivity index (χ3v) is 4.16. The zero-order valence-corrected chi connectivity index (χ0v) is 12.0. The van der Waals surface area contributed by atoms with Crippen LogP contribution in [0, 0.1) is 12.8 Å². The zero-order valence-electron chi connectivity index (χ0n) is 12.0. The maximum Gasteiger partial charge on any atom is 0.335 e. The van der Waals surface area contributed by atoms with Gasteiger partial charge >= 0.3 is 5.97 Å². The molecular weight excluding hydrogens is 270 g/mol. The Morgan fingerprint density at radius 1 is 1.24 bits per heavy atom. The van der Waals surface area contributed by atoms with Gasteiger partial charge in [0.2, 0.25) is 0 Å². The molecule has 112 valence electrons. The van der Waals surface area contributed by atoms with Crippen LogP contribution in [-0.2, 0) is 4.74 Å². The molecule has 0 radical (unpaired) electrons. The van der Waals surface area contributed by atoms with Crippen molar-refractivity contribution in [3.05, 3.63) is 34.9 Å². The van der Waals surface area contributed by atoms with Crippen LogP contribution < -0.4 is 0 Å². The molecule has 2 fully saturated rings. The molecule has 1 aliphatic carbocycles. The summed E-state index contributed by atoms with van der Waals surface area (Å²) in [4.78, 5) is 25.8. The molecule has 5 heteroatoms. The Labute approximate surface area is 123 Å². The lowest BCUT2D eigenvalue weighted by atomic mass is 10.0. The summed E-state index contributed by atoms with van der Waals surface area (Å²) in [5.41, 5.74) is 1.41. The molecule has 1 amide bonds. The molecule has 1 saturated heterocycles. The quantitative estimate of drug-likeness (QED) is 0.923. The summed E-state index contributed by atoms with van der Waals surface area (Å²) in [5, 5.41) is 9.13. The monoisotopic (exact) mass is 289 g/mol. The molecule has 2 aliphatic rings. The molecule has 1 saturated carbocycles. The highest BCUT2D eigenvalue weighted by atomic mass is 16.5. The topological polar surface area (TPSA) is 66.8 Å². The molecule has 1 aromatic rings. The lowest BCUT2D eigenvalue weighted by Gasteiger charge is -2.36. The summed E-state index contributed by atoms with van der Waals surface area (Å²) >= 11 is 0. The zero-order chi connectivity index (χ0) is 15.0. The molecule has 1 unspecified atom stereocenters. The number of aromatic carboxylic acids is 1. The van der Waals surface area contributed by atoms with Crippen LogP contribution in [0.4, 0.5) is 0 Å². The molecule has 0 bridgehead atoms. The third-order valence-electron chi connectivity index (χ3n) is 4.16. The van der Waals surface area contributed by atoms with Crippen LogP contribution in [-0.4, -0.2) is 47.7 Å². The van der Waals surface area contributed by atoms with Crippen molar-refractivity contribution in [3.8, 4) is 0 Å². The van der Waals surface area contributed by atoms with Gasteiger partial charge in [0.15, 0.2) is 0 Å². The van der Waals surface area contributed by atoms with Crippen LogP contribution in [0.15, 0.2) is 18.2 Å². The summed E-state index contributed by atoms with van der Waals surface area (Å²) in [6, 6.07) is 4.95. The predicted molar refractivity (Wildman–Crippen MR) is 76.5 cm³/mol. The van der Waals surface area contributed by atoms with Gasteiger partial charge in [-0.2, -0.15) is 0 Å². The summed E-state index contributed by atoms with van der Waals surface area (Å²) in [5.74, 6) is -0.548. The van der Waals surface area contributed by atoms with Crippen molar-refractivity contribution in [2.45, 2.75) is 25.8 Å². The Morgan fingerprint density at radius 2 is 1.95 bits per heavy atom. The minimum atomic E-state index is -1.01. The number of morpholine rings is 1. The number of carboxylic acids is 1. The van der Waals surface area contributed by atoms with Gasteiger partial charge in [-0.05, 0) is 49.4 Å². The third kappa shape index (κ3) is 2.93. The van der Waals surface area contributed by atoms with Gasteiger partial charge in [-0.25, -0.2) is 4.79 Å². The van der Waals surface area contributed by atoms with Crippen molar-refractivity contribution in [1.29, 1.82) is 0 Å². The number of amides is 1.